The second kappa shape index (κ2) is 4.03. The highest BCUT2D eigenvalue weighted by Gasteiger charge is 2.08. The Hall–Kier alpha value is -0.990. The van der Waals surface area contributed by atoms with E-state index in [4.69, 9.17) is 27.7 Å². The van der Waals surface area contributed by atoms with Gasteiger partial charge in [-0.2, -0.15) is 0 Å². The summed E-state index contributed by atoms with van der Waals surface area (Å²) in [5.74, 6) is 0.957. The summed E-state index contributed by atoms with van der Waals surface area (Å²) in [5, 5.41) is 4.53. The highest BCUT2D eigenvalue weighted by molar-refractivity contribution is 6.33. The Morgan fingerprint density at radius 1 is 1.29 bits per heavy atom. The first-order valence-corrected chi connectivity index (χ1v) is 4.99. The molecule has 0 saturated heterocycles. The van der Waals surface area contributed by atoms with E-state index >= 15 is 0 Å². The minimum absolute atomic E-state index is 0.317. The fourth-order valence-corrected chi connectivity index (χ4v) is 1.53. The predicted molar refractivity (Wildman–Crippen MR) is 56.5 cm³/mol. The van der Waals surface area contributed by atoms with Crippen molar-refractivity contribution in [3.05, 3.63) is 41.1 Å². The maximum Gasteiger partial charge on any atom is 0.152 e. The molecule has 2 aromatic rings. The van der Waals surface area contributed by atoms with Gasteiger partial charge in [-0.3, -0.25) is 0 Å². The Morgan fingerprint density at radius 3 is 2.71 bits per heavy atom. The van der Waals surface area contributed by atoms with Crippen molar-refractivity contribution in [3.8, 4) is 11.3 Å². The molecule has 0 aliphatic rings. The largest absolute Gasteiger partial charge is 0.359 e. The molecule has 0 amide bonds. The van der Waals surface area contributed by atoms with Crippen LogP contribution in [0, 0.1) is 0 Å². The van der Waals surface area contributed by atoms with Crippen LogP contribution in [0.1, 0.15) is 5.76 Å². The molecule has 0 radical (unpaired) electrons. The molecule has 2 rings (SSSR count). The molecule has 0 saturated carbocycles. The molecular weight excluding hydrogens is 221 g/mol. The molecule has 0 fully saturated rings. The number of alkyl halides is 1. The van der Waals surface area contributed by atoms with Gasteiger partial charge in [0.05, 0.1) is 10.9 Å². The number of halogens is 2. The van der Waals surface area contributed by atoms with E-state index in [9.17, 15) is 0 Å². The number of hydrogen-bond donors (Lipinski definition) is 0. The van der Waals surface area contributed by atoms with Gasteiger partial charge in [0, 0.05) is 11.6 Å². The third-order valence-electron chi connectivity index (χ3n) is 1.84. The standard InChI is InChI=1S/C10H7Cl2NO/c11-6-7-5-10(13-14-7)8-3-1-2-4-9(8)12/h1-5H,6H2. The van der Waals surface area contributed by atoms with Gasteiger partial charge in [-0.25, -0.2) is 0 Å². The van der Waals surface area contributed by atoms with Crippen LogP contribution in [0.15, 0.2) is 34.9 Å². The van der Waals surface area contributed by atoms with Gasteiger partial charge in [-0.1, -0.05) is 35.0 Å². The minimum Gasteiger partial charge on any atom is -0.359 e. The molecular formula is C10H7Cl2NO. The Bertz CT molecular complexity index is 439. The first kappa shape index (κ1) is 9.56. The number of hydrogen-bond acceptors (Lipinski definition) is 2. The first-order valence-electron chi connectivity index (χ1n) is 4.07. The quantitative estimate of drug-likeness (QED) is 0.732. The van der Waals surface area contributed by atoms with E-state index in [2.05, 4.69) is 5.16 Å². The highest BCUT2D eigenvalue weighted by Crippen LogP contribution is 2.27. The summed E-state index contributed by atoms with van der Waals surface area (Å²) in [6.45, 7) is 0. The molecule has 4 heteroatoms. The average molecular weight is 228 g/mol. The fourth-order valence-electron chi connectivity index (χ4n) is 1.17. The van der Waals surface area contributed by atoms with Crippen molar-refractivity contribution in [3.63, 3.8) is 0 Å². The van der Waals surface area contributed by atoms with Crippen LogP contribution >= 0.6 is 23.2 Å². The fraction of sp³-hybridized carbons (Fsp3) is 0.100. The maximum absolute atomic E-state index is 6.00. The molecule has 0 spiro atoms. The van der Waals surface area contributed by atoms with E-state index in [1.807, 2.05) is 24.3 Å². The molecule has 1 aromatic heterocycles. The van der Waals surface area contributed by atoms with E-state index in [0.29, 0.717) is 22.4 Å². The van der Waals surface area contributed by atoms with E-state index in [0.717, 1.165) is 5.56 Å². The van der Waals surface area contributed by atoms with Crippen LogP contribution in [0.5, 0.6) is 0 Å². The van der Waals surface area contributed by atoms with Crippen LogP contribution in [0.2, 0.25) is 5.02 Å². The van der Waals surface area contributed by atoms with Gasteiger partial charge >= 0.3 is 0 Å². The van der Waals surface area contributed by atoms with Crippen molar-refractivity contribution < 1.29 is 4.52 Å². The van der Waals surface area contributed by atoms with Crippen LogP contribution in [-0.4, -0.2) is 5.16 Å². The summed E-state index contributed by atoms with van der Waals surface area (Å²) < 4.78 is 4.98. The number of nitrogens with zero attached hydrogens (tertiary/aromatic N) is 1. The molecule has 1 heterocycles. The average Bonchev–Trinajstić information content (AvgIpc) is 2.67. The SMILES string of the molecule is ClCc1cc(-c2ccccc2Cl)no1. The second-order valence-electron chi connectivity index (χ2n) is 2.79. The zero-order valence-corrected chi connectivity index (χ0v) is 8.72. The lowest BCUT2D eigenvalue weighted by Crippen LogP contribution is -1.77. The Balaban J connectivity index is 2.44. The smallest absolute Gasteiger partial charge is 0.152 e. The first-order chi connectivity index (χ1) is 6.81. The molecule has 0 N–H and O–H groups in total. The van der Waals surface area contributed by atoms with Crippen molar-refractivity contribution in [2.24, 2.45) is 0 Å². The van der Waals surface area contributed by atoms with Crippen molar-refractivity contribution in [2.75, 3.05) is 0 Å². The van der Waals surface area contributed by atoms with Crippen molar-refractivity contribution in [2.45, 2.75) is 5.88 Å². The molecule has 0 unspecified atom stereocenters. The van der Waals surface area contributed by atoms with Gasteiger partial charge in [0.2, 0.25) is 0 Å². The topological polar surface area (TPSA) is 26.0 Å². The van der Waals surface area contributed by atoms with Crippen molar-refractivity contribution >= 4 is 23.2 Å². The summed E-state index contributed by atoms with van der Waals surface area (Å²) >= 11 is 11.6. The molecule has 14 heavy (non-hydrogen) atoms. The van der Waals surface area contributed by atoms with Crippen LogP contribution in [0.4, 0.5) is 0 Å². The van der Waals surface area contributed by atoms with Crippen molar-refractivity contribution in [1.82, 2.24) is 5.16 Å². The highest BCUT2D eigenvalue weighted by atomic mass is 35.5. The van der Waals surface area contributed by atoms with Gasteiger partial charge in [0.1, 0.15) is 5.69 Å². The van der Waals surface area contributed by atoms with E-state index < -0.39 is 0 Å². The number of benzene rings is 1. The molecule has 72 valence electrons. The summed E-state index contributed by atoms with van der Waals surface area (Å²) in [4.78, 5) is 0. The summed E-state index contributed by atoms with van der Waals surface area (Å²) in [6.07, 6.45) is 0. The lowest BCUT2D eigenvalue weighted by Gasteiger charge is -1.96. The van der Waals surface area contributed by atoms with Crippen LogP contribution < -0.4 is 0 Å². The summed E-state index contributed by atoms with van der Waals surface area (Å²) in [6, 6.07) is 9.25. The third-order valence-corrected chi connectivity index (χ3v) is 2.43. The van der Waals surface area contributed by atoms with E-state index in [1.54, 1.807) is 6.07 Å². The zero-order chi connectivity index (χ0) is 9.97. The predicted octanol–water partition coefficient (Wildman–Crippen LogP) is 3.73. The Morgan fingerprint density at radius 2 is 2.07 bits per heavy atom. The molecule has 1 aromatic carbocycles. The van der Waals surface area contributed by atoms with E-state index in [-0.39, 0.29) is 0 Å². The lowest BCUT2D eigenvalue weighted by molar-refractivity contribution is 0.396. The maximum atomic E-state index is 6.00. The van der Waals surface area contributed by atoms with Crippen LogP contribution in [0.25, 0.3) is 11.3 Å². The monoisotopic (exact) mass is 227 g/mol. The lowest BCUT2D eigenvalue weighted by atomic mass is 10.1. The number of aromatic nitrogens is 1. The Kier molecular flexibility index (Phi) is 2.75. The van der Waals surface area contributed by atoms with Gasteiger partial charge < -0.3 is 4.52 Å². The summed E-state index contributed by atoms with van der Waals surface area (Å²) in [7, 11) is 0. The number of rotatable bonds is 2. The second-order valence-corrected chi connectivity index (χ2v) is 3.47. The molecule has 0 aliphatic heterocycles. The van der Waals surface area contributed by atoms with E-state index in [1.165, 1.54) is 0 Å². The molecule has 0 atom stereocenters. The molecule has 0 bridgehead atoms. The normalized spacial score (nSPS) is 10.4. The zero-order valence-electron chi connectivity index (χ0n) is 7.21. The third kappa shape index (κ3) is 1.76. The minimum atomic E-state index is 0.317. The van der Waals surface area contributed by atoms with Gasteiger partial charge in [-0.15, -0.1) is 11.6 Å². The van der Waals surface area contributed by atoms with Gasteiger partial charge in [0.25, 0.3) is 0 Å². The van der Waals surface area contributed by atoms with Gasteiger partial charge in [-0.05, 0) is 6.07 Å². The Labute approximate surface area is 91.4 Å². The van der Waals surface area contributed by atoms with Gasteiger partial charge in [0.15, 0.2) is 5.76 Å². The molecule has 2 nitrogen and oxygen atoms in total. The van der Waals surface area contributed by atoms with Crippen molar-refractivity contribution in [1.29, 1.82) is 0 Å². The van der Waals surface area contributed by atoms with Crippen LogP contribution in [-0.2, 0) is 5.88 Å². The molecule has 0 aliphatic carbocycles. The summed E-state index contributed by atoms with van der Waals surface area (Å²) in [5.41, 5.74) is 1.57. The van der Waals surface area contributed by atoms with Crippen LogP contribution in [0.3, 0.4) is 0 Å².